The molecule has 1 aromatic heterocycles. The largest absolute Gasteiger partial charge is 0.463 e. The number of carbonyl (C=O) groups excluding carboxylic acids is 1. The number of aliphatic imine (C=N–C) groups is 1. The average Bonchev–Trinajstić information content (AvgIpc) is 3.34. The lowest BCUT2D eigenvalue weighted by Crippen LogP contribution is -2.49. The summed E-state index contributed by atoms with van der Waals surface area (Å²) in [6.07, 6.45) is 1.44. The van der Waals surface area contributed by atoms with Crippen molar-refractivity contribution < 1.29 is 18.7 Å². The highest BCUT2D eigenvalue weighted by Gasteiger charge is 2.35. The SMILES string of the molecule is CCOC(=O)C1=C(CN2CCO[C@H](CN(C)C)C2)NC(c2ncn[nH]2)=NC1c1ccc(F)cc1Br. The van der Waals surface area contributed by atoms with E-state index >= 15 is 0 Å². The first kappa shape index (κ1) is 25.4. The lowest BCUT2D eigenvalue weighted by atomic mass is 9.95. The van der Waals surface area contributed by atoms with Gasteiger partial charge in [0, 0.05) is 36.3 Å². The zero-order chi connectivity index (χ0) is 24.9. The van der Waals surface area contributed by atoms with Crippen LogP contribution in [0, 0.1) is 5.82 Å². The summed E-state index contributed by atoms with van der Waals surface area (Å²) < 4.78 is 25.7. The first-order valence-corrected chi connectivity index (χ1v) is 12.2. The number of carbonyl (C=O) groups is 1. The molecule has 0 bridgehead atoms. The van der Waals surface area contributed by atoms with E-state index in [4.69, 9.17) is 14.5 Å². The van der Waals surface area contributed by atoms with Gasteiger partial charge in [0.05, 0.1) is 24.9 Å². The molecule has 2 aliphatic rings. The van der Waals surface area contributed by atoms with E-state index in [1.54, 1.807) is 13.0 Å². The summed E-state index contributed by atoms with van der Waals surface area (Å²) >= 11 is 3.44. The molecule has 10 nitrogen and oxygen atoms in total. The monoisotopic (exact) mass is 549 g/mol. The van der Waals surface area contributed by atoms with E-state index in [2.05, 4.69) is 46.2 Å². The number of nitrogens with one attached hydrogen (secondary N) is 2. The lowest BCUT2D eigenvalue weighted by molar-refractivity contribution is -0.139. The fourth-order valence-corrected chi connectivity index (χ4v) is 4.79. The molecule has 1 unspecified atom stereocenters. The van der Waals surface area contributed by atoms with Gasteiger partial charge in [0.1, 0.15) is 18.2 Å². The van der Waals surface area contributed by atoms with Crippen molar-refractivity contribution in [2.75, 3.05) is 53.5 Å². The van der Waals surface area contributed by atoms with Crippen molar-refractivity contribution in [3.05, 3.63) is 57.5 Å². The molecule has 1 fully saturated rings. The van der Waals surface area contributed by atoms with E-state index in [0.717, 1.165) is 6.54 Å². The second-order valence-electron chi connectivity index (χ2n) is 8.61. The van der Waals surface area contributed by atoms with Crippen molar-refractivity contribution in [2.24, 2.45) is 4.99 Å². The van der Waals surface area contributed by atoms with Gasteiger partial charge in [-0.25, -0.2) is 14.2 Å². The Balaban J connectivity index is 1.75. The number of benzene rings is 1. The predicted molar refractivity (Wildman–Crippen MR) is 131 cm³/mol. The zero-order valence-electron chi connectivity index (χ0n) is 19.9. The van der Waals surface area contributed by atoms with Gasteiger partial charge < -0.3 is 19.7 Å². The summed E-state index contributed by atoms with van der Waals surface area (Å²) in [6.45, 7) is 5.23. The van der Waals surface area contributed by atoms with Crippen LogP contribution in [0.4, 0.5) is 4.39 Å². The van der Waals surface area contributed by atoms with Gasteiger partial charge in [-0.3, -0.25) is 15.0 Å². The Morgan fingerprint density at radius 1 is 1.40 bits per heavy atom. The molecule has 2 N–H and O–H groups in total. The molecule has 2 aliphatic heterocycles. The number of morpholine rings is 1. The lowest BCUT2D eigenvalue weighted by Gasteiger charge is -2.36. The van der Waals surface area contributed by atoms with E-state index < -0.39 is 17.8 Å². The number of hydrogen-bond donors (Lipinski definition) is 2. The number of rotatable bonds is 8. The molecular weight excluding hydrogens is 521 g/mol. The van der Waals surface area contributed by atoms with Gasteiger partial charge in [-0.1, -0.05) is 22.0 Å². The second-order valence-corrected chi connectivity index (χ2v) is 9.46. The molecule has 2 aromatic rings. The third-order valence-electron chi connectivity index (χ3n) is 5.69. The van der Waals surface area contributed by atoms with Crippen LogP contribution < -0.4 is 5.32 Å². The number of aromatic amines is 1. The van der Waals surface area contributed by atoms with Crippen molar-refractivity contribution in [1.29, 1.82) is 0 Å². The maximum Gasteiger partial charge on any atom is 0.338 e. The number of halogens is 2. The average molecular weight is 550 g/mol. The minimum Gasteiger partial charge on any atom is -0.463 e. The van der Waals surface area contributed by atoms with Crippen LogP contribution in [0.5, 0.6) is 0 Å². The maximum absolute atomic E-state index is 13.9. The van der Waals surface area contributed by atoms with Crippen LogP contribution in [0.1, 0.15) is 24.4 Å². The smallest absolute Gasteiger partial charge is 0.338 e. The molecule has 1 saturated heterocycles. The fourth-order valence-electron chi connectivity index (χ4n) is 4.22. The molecule has 4 rings (SSSR count). The van der Waals surface area contributed by atoms with Crippen molar-refractivity contribution in [3.8, 4) is 0 Å². The molecule has 0 amide bonds. The first-order chi connectivity index (χ1) is 16.9. The van der Waals surface area contributed by atoms with E-state index in [-0.39, 0.29) is 12.7 Å². The Hall–Kier alpha value is -2.67. The Labute approximate surface area is 211 Å². The molecule has 12 heteroatoms. The fraction of sp³-hybridized carbons (Fsp3) is 0.478. The molecule has 0 radical (unpaired) electrons. The number of amidine groups is 1. The van der Waals surface area contributed by atoms with Crippen LogP contribution in [0.15, 0.2) is 45.3 Å². The molecule has 0 spiro atoms. The quantitative estimate of drug-likeness (QED) is 0.480. The van der Waals surface area contributed by atoms with E-state index in [0.29, 0.717) is 59.2 Å². The van der Waals surface area contributed by atoms with Crippen LogP contribution in [-0.2, 0) is 14.3 Å². The van der Waals surface area contributed by atoms with Crippen molar-refractivity contribution in [1.82, 2.24) is 30.3 Å². The summed E-state index contributed by atoms with van der Waals surface area (Å²) in [7, 11) is 4.02. The van der Waals surface area contributed by atoms with Gasteiger partial charge in [-0.05, 0) is 38.7 Å². The van der Waals surface area contributed by atoms with Gasteiger partial charge in [0.25, 0.3) is 0 Å². The summed E-state index contributed by atoms with van der Waals surface area (Å²) in [6, 6.07) is 3.59. The van der Waals surface area contributed by atoms with Crippen LogP contribution in [0.3, 0.4) is 0 Å². The summed E-state index contributed by atoms with van der Waals surface area (Å²) in [5.41, 5.74) is 1.66. The van der Waals surface area contributed by atoms with Crippen LogP contribution in [0.2, 0.25) is 0 Å². The third kappa shape index (κ3) is 6.13. The molecular formula is C23H29BrFN7O3. The minimum atomic E-state index is -0.737. The number of ether oxygens (including phenoxy) is 2. The van der Waals surface area contributed by atoms with Gasteiger partial charge in [-0.15, -0.1) is 0 Å². The number of aromatic nitrogens is 3. The number of nitrogens with zero attached hydrogens (tertiary/aromatic N) is 5. The zero-order valence-corrected chi connectivity index (χ0v) is 21.5. The molecule has 35 heavy (non-hydrogen) atoms. The van der Waals surface area contributed by atoms with Crippen molar-refractivity contribution in [2.45, 2.75) is 19.1 Å². The normalized spacial score (nSPS) is 21.1. The van der Waals surface area contributed by atoms with Crippen LogP contribution >= 0.6 is 15.9 Å². The maximum atomic E-state index is 13.9. The molecule has 2 atom stereocenters. The number of likely N-dealkylation sites (N-methyl/N-ethyl adjacent to an activating group) is 1. The molecule has 188 valence electrons. The summed E-state index contributed by atoms with van der Waals surface area (Å²) in [5, 5.41) is 10.0. The van der Waals surface area contributed by atoms with Crippen molar-refractivity contribution >= 4 is 27.7 Å². The van der Waals surface area contributed by atoms with E-state index in [9.17, 15) is 9.18 Å². The highest BCUT2D eigenvalue weighted by Crippen LogP contribution is 2.36. The third-order valence-corrected chi connectivity index (χ3v) is 6.38. The van der Waals surface area contributed by atoms with E-state index in [1.807, 2.05) is 14.1 Å². The topological polar surface area (TPSA) is 108 Å². The summed E-state index contributed by atoms with van der Waals surface area (Å²) in [5.74, 6) is -0.00295. The number of H-pyrrole nitrogens is 1. The Morgan fingerprint density at radius 2 is 2.23 bits per heavy atom. The van der Waals surface area contributed by atoms with Crippen LogP contribution in [0.25, 0.3) is 0 Å². The first-order valence-electron chi connectivity index (χ1n) is 11.4. The molecule has 1 aromatic carbocycles. The van der Waals surface area contributed by atoms with Gasteiger partial charge in [0.15, 0.2) is 11.7 Å². The number of hydrogen-bond acceptors (Lipinski definition) is 9. The minimum absolute atomic E-state index is 0.0541. The number of esters is 1. The van der Waals surface area contributed by atoms with Crippen LogP contribution in [-0.4, -0.2) is 96.4 Å². The van der Waals surface area contributed by atoms with Gasteiger partial charge in [-0.2, -0.15) is 5.10 Å². The second kappa shape index (κ2) is 11.4. The molecule has 3 heterocycles. The van der Waals surface area contributed by atoms with Crippen molar-refractivity contribution in [3.63, 3.8) is 0 Å². The summed E-state index contributed by atoms with van der Waals surface area (Å²) in [4.78, 5) is 26.6. The standard InChI is InChI=1S/C23H29BrFN7O3/c1-4-34-23(33)19-18(12-32-7-8-35-15(11-32)10-31(2)3)28-22(21-26-13-27-30-21)29-20(19)16-6-5-14(25)9-17(16)24/h5-6,9,13,15,20H,4,7-8,10-12H2,1-3H3,(H,28,29)(H,26,27,30)/t15-,20?/m1/s1. The van der Waals surface area contributed by atoms with Gasteiger partial charge >= 0.3 is 5.97 Å². The predicted octanol–water partition coefficient (Wildman–Crippen LogP) is 1.88. The Kier molecular flexibility index (Phi) is 8.26. The Morgan fingerprint density at radius 3 is 2.91 bits per heavy atom. The molecule has 0 aliphatic carbocycles. The highest BCUT2D eigenvalue weighted by atomic mass is 79.9. The Bertz CT molecular complexity index is 1110. The molecule has 0 saturated carbocycles. The highest BCUT2D eigenvalue weighted by molar-refractivity contribution is 9.10. The van der Waals surface area contributed by atoms with E-state index in [1.165, 1.54) is 18.5 Å². The van der Waals surface area contributed by atoms with Gasteiger partial charge in [0.2, 0.25) is 0 Å².